The number of carbonyl (C=O) groups is 1. The van der Waals surface area contributed by atoms with E-state index in [0.717, 1.165) is 5.56 Å². The first-order valence-electron chi connectivity index (χ1n) is 12.8. The molecule has 0 radical (unpaired) electrons. The van der Waals surface area contributed by atoms with Crippen LogP contribution in [0.5, 0.6) is 0 Å². The van der Waals surface area contributed by atoms with Crippen LogP contribution in [-0.2, 0) is 24.8 Å². The van der Waals surface area contributed by atoms with Crippen LogP contribution in [0.25, 0.3) is 0 Å². The van der Waals surface area contributed by atoms with Gasteiger partial charge in [0.1, 0.15) is 6.04 Å². The standard InChI is InChI=1S/C27H38N4O6S2/c1-21(2)19-31(39(36,37)25-14-12-22(3)13-15-25)23(20-32)9-7-8-18-29-27(33)26(16-17-28)30-38(34,35)24-10-5-4-6-11-24/h4-6,10-15,21,23,26,30,32H,7-9,16,18-20H2,1-3H3,(H,29,33)/t23-,26-/m0/s1. The average molecular weight is 579 g/mol. The van der Waals surface area contributed by atoms with Crippen LogP contribution >= 0.6 is 0 Å². The van der Waals surface area contributed by atoms with Crippen LogP contribution in [0.4, 0.5) is 0 Å². The molecule has 0 saturated heterocycles. The molecular formula is C27H38N4O6S2. The largest absolute Gasteiger partial charge is 0.395 e. The van der Waals surface area contributed by atoms with E-state index in [2.05, 4.69) is 10.0 Å². The van der Waals surface area contributed by atoms with Crippen molar-refractivity contribution in [2.24, 2.45) is 5.92 Å². The number of aryl methyl sites for hydroxylation is 1. The topological polar surface area (TPSA) is 157 Å². The summed E-state index contributed by atoms with van der Waals surface area (Å²) >= 11 is 0. The number of benzene rings is 2. The van der Waals surface area contributed by atoms with Crippen molar-refractivity contribution in [1.82, 2.24) is 14.3 Å². The molecule has 2 rings (SSSR count). The highest BCUT2D eigenvalue weighted by molar-refractivity contribution is 7.89. The molecule has 0 aliphatic carbocycles. The van der Waals surface area contributed by atoms with Crippen molar-refractivity contribution in [1.29, 1.82) is 5.26 Å². The van der Waals surface area contributed by atoms with Gasteiger partial charge in [-0.25, -0.2) is 16.8 Å². The third-order valence-corrected chi connectivity index (χ3v) is 9.44. The number of amides is 1. The smallest absolute Gasteiger partial charge is 0.243 e. The molecule has 0 bridgehead atoms. The zero-order valence-electron chi connectivity index (χ0n) is 22.6. The second kappa shape index (κ2) is 15.1. The molecule has 0 heterocycles. The first-order chi connectivity index (χ1) is 18.4. The minimum atomic E-state index is -3.99. The first kappa shape index (κ1) is 32.4. The Bertz CT molecular complexity index is 1310. The van der Waals surface area contributed by atoms with E-state index in [-0.39, 0.29) is 41.8 Å². The molecule has 0 aliphatic rings. The van der Waals surface area contributed by atoms with Crippen molar-refractivity contribution < 1.29 is 26.7 Å². The maximum absolute atomic E-state index is 13.4. The molecule has 12 heteroatoms. The summed E-state index contributed by atoms with van der Waals surface area (Å²) in [5.74, 6) is -0.589. The maximum atomic E-state index is 13.4. The summed E-state index contributed by atoms with van der Waals surface area (Å²) in [6.45, 7) is 5.78. The lowest BCUT2D eigenvalue weighted by atomic mass is 10.1. The van der Waals surface area contributed by atoms with E-state index >= 15 is 0 Å². The van der Waals surface area contributed by atoms with E-state index in [1.54, 1.807) is 42.5 Å². The quantitative estimate of drug-likeness (QED) is 0.258. The Balaban J connectivity index is 1.98. The lowest BCUT2D eigenvalue weighted by molar-refractivity contribution is -0.122. The van der Waals surface area contributed by atoms with E-state index in [1.807, 2.05) is 26.8 Å². The average Bonchev–Trinajstić information content (AvgIpc) is 2.90. The van der Waals surface area contributed by atoms with Crippen molar-refractivity contribution in [2.75, 3.05) is 19.7 Å². The Morgan fingerprint density at radius 3 is 2.21 bits per heavy atom. The van der Waals surface area contributed by atoms with Crippen molar-refractivity contribution in [3.8, 4) is 6.07 Å². The number of unbranched alkanes of at least 4 members (excludes halogenated alkanes) is 1. The van der Waals surface area contributed by atoms with E-state index in [9.17, 15) is 26.7 Å². The predicted octanol–water partition coefficient (Wildman–Crippen LogP) is 2.55. The number of rotatable bonds is 16. The predicted molar refractivity (Wildman–Crippen MR) is 148 cm³/mol. The van der Waals surface area contributed by atoms with Crippen LogP contribution in [0.3, 0.4) is 0 Å². The SMILES string of the molecule is Cc1ccc(S(=O)(=O)N(CC(C)C)[C@H](CO)CCCCNC(=O)[C@H](CC#N)NS(=O)(=O)c2ccccc2)cc1. The molecule has 10 nitrogen and oxygen atoms in total. The summed E-state index contributed by atoms with van der Waals surface area (Å²) in [7, 11) is -7.82. The Morgan fingerprint density at radius 2 is 1.64 bits per heavy atom. The van der Waals surface area contributed by atoms with Crippen LogP contribution in [0.1, 0.15) is 45.1 Å². The van der Waals surface area contributed by atoms with Crippen LogP contribution < -0.4 is 10.0 Å². The lowest BCUT2D eigenvalue weighted by Gasteiger charge is -2.31. The number of aliphatic hydroxyl groups excluding tert-OH is 1. The van der Waals surface area contributed by atoms with Gasteiger partial charge in [-0.2, -0.15) is 14.3 Å². The van der Waals surface area contributed by atoms with Gasteiger partial charge in [0.15, 0.2) is 0 Å². The normalized spacial score (nSPS) is 13.7. The van der Waals surface area contributed by atoms with Gasteiger partial charge in [-0.1, -0.05) is 56.2 Å². The first-order valence-corrected chi connectivity index (χ1v) is 15.8. The van der Waals surface area contributed by atoms with Gasteiger partial charge in [-0.05, 0) is 49.9 Å². The highest BCUT2D eigenvalue weighted by Gasteiger charge is 2.31. The molecule has 0 aliphatic heterocycles. The van der Waals surface area contributed by atoms with Gasteiger partial charge in [-0.15, -0.1) is 0 Å². The van der Waals surface area contributed by atoms with Crippen LogP contribution in [0.15, 0.2) is 64.4 Å². The number of aliphatic hydroxyl groups is 1. The molecule has 214 valence electrons. The van der Waals surface area contributed by atoms with Crippen molar-refractivity contribution in [3.05, 3.63) is 60.2 Å². The van der Waals surface area contributed by atoms with E-state index in [4.69, 9.17) is 5.26 Å². The highest BCUT2D eigenvalue weighted by Crippen LogP contribution is 2.23. The number of nitriles is 1. The Kier molecular flexibility index (Phi) is 12.5. The number of nitrogens with zero attached hydrogens (tertiary/aromatic N) is 2. The lowest BCUT2D eigenvalue weighted by Crippen LogP contribution is -2.46. The molecule has 39 heavy (non-hydrogen) atoms. The van der Waals surface area contributed by atoms with E-state index in [0.29, 0.717) is 19.3 Å². The molecule has 0 saturated carbocycles. The monoisotopic (exact) mass is 578 g/mol. The molecule has 0 fully saturated rings. The van der Waals surface area contributed by atoms with Gasteiger partial charge in [0, 0.05) is 19.1 Å². The maximum Gasteiger partial charge on any atom is 0.243 e. The fourth-order valence-corrected chi connectivity index (χ4v) is 6.98. The molecule has 0 unspecified atom stereocenters. The fourth-order valence-electron chi connectivity index (χ4n) is 3.95. The fraction of sp³-hybridized carbons (Fsp3) is 0.481. The van der Waals surface area contributed by atoms with Gasteiger partial charge in [0.2, 0.25) is 26.0 Å². The molecule has 0 aromatic heterocycles. The molecule has 3 N–H and O–H groups in total. The Hall–Kier alpha value is -2.82. The number of hydrogen-bond donors (Lipinski definition) is 3. The van der Waals surface area contributed by atoms with Gasteiger partial charge in [0.05, 0.1) is 28.9 Å². The summed E-state index contributed by atoms with van der Waals surface area (Å²) in [5, 5.41) is 21.8. The number of carbonyl (C=O) groups excluding carboxylic acids is 1. The summed E-state index contributed by atoms with van der Waals surface area (Å²) in [5.41, 5.74) is 0.940. The molecule has 1 amide bonds. The second-order valence-electron chi connectivity index (χ2n) is 9.75. The summed E-state index contributed by atoms with van der Waals surface area (Å²) < 4.78 is 55.5. The van der Waals surface area contributed by atoms with Gasteiger partial charge in [0.25, 0.3) is 0 Å². The second-order valence-corrected chi connectivity index (χ2v) is 13.4. The van der Waals surface area contributed by atoms with Gasteiger partial charge < -0.3 is 10.4 Å². The van der Waals surface area contributed by atoms with E-state index in [1.165, 1.54) is 16.4 Å². The van der Waals surface area contributed by atoms with Crippen molar-refractivity contribution in [3.63, 3.8) is 0 Å². The summed E-state index contributed by atoms with van der Waals surface area (Å²) in [4.78, 5) is 12.8. The molecule has 2 atom stereocenters. The minimum absolute atomic E-state index is 0.0117. The van der Waals surface area contributed by atoms with Crippen LogP contribution in [0, 0.1) is 24.2 Å². The van der Waals surface area contributed by atoms with Crippen molar-refractivity contribution >= 4 is 26.0 Å². The summed E-state index contributed by atoms with van der Waals surface area (Å²) in [6.07, 6.45) is 0.993. The van der Waals surface area contributed by atoms with Crippen LogP contribution in [0.2, 0.25) is 0 Å². The Labute approximate surface area is 232 Å². The van der Waals surface area contributed by atoms with Crippen molar-refractivity contribution in [2.45, 2.75) is 68.3 Å². The minimum Gasteiger partial charge on any atom is -0.395 e. The third kappa shape index (κ3) is 9.70. The third-order valence-electron chi connectivity index (χ3n) is 6.02. The zero-order valence-corrected chi connectivity index (χ0v) is 24.2. The number of sulfonamides is 2. The van der Waals surface area contributed by atoms with Gasteiger partial charge in [-0.3, -0.25) is 4.79 Å². The number of nitrogens with one attached hydrogen (secondary N) is 2. The molecule has 0 spiro atoms. The Morgan fingerprint density at radius 1 is 1.00 bits per heavy atom. The molecule has 2 aromatic rings. The molecule has 2 aromatic carbocycles. The molecular weight excluding hydrogens is 540 g/mol. The highest BCUT2D eigenvalue weighted by atomic mass is 32.2. The number of hydrogen-bond acceptors (Lipinski definition) is 7. The van der Waals surface area contributed by atoms with Gasteiger partial charge >= 0.3 is 0 Å². The van der Waals surface area contributed by atoms with E-state index < -0.39 is 38.0 Å². The summed E-state index contributed by atoms with van der Waals surface area (Å²) in [6, 6.07) is 14.1. The van der Waals surface area contributed by atoms with Crippen LogP contribution in [-0.4, -0.2) is 63.9 Å². The zero-order chi connectivity index (χ0) is 29.1.